The molecule has 1 aliphatic rings. The van der Waals surface area contributed by atoms with Gasteiger partial charge in [-0.05, 0) is 87.1 Å². The minimum Gasteiger partial charge on any atom is -0.480 e. The van der Waals surface area contributed by atoms with Gasteiger partial charge in [-0.15, -0.1) is 0 Å². The van der Waals surface area contributed by atoms with Crippen molar-refractivity contribution in [1.29, 1.82) is 0 Å². The van der Waals surface area contributed by atoms with Crippen LogP contribution in [0.3, 0.4) is 0 Å². The third-order valence-corrected chi connectivity index (χ3v) is 17.8. The number of unbranched alkanes of at least 4 members (excludes halogenated alkanes) is 1. The fraction of sp³-hybridized carbons (Fsp3) is 0.507. The maximum absolute atomic E-state index is 14.9. The van der Waals surface area contributed by atoms with E-state index >= 15 is 0 Å². The number of aliphatic carboxylic acids is 1. The summed E-state index contributed by atoms with van der Waals surface area (Å²) in [5, 5.41) is 57.6. The highest BCUT2D eigenvalue weighted by molar-refractivity contribution is 7.80. The van der Waals surface area contributed by atoms with Gasteiger partial charge in [-0.2, -0.15) is 25.3 Å². The number of benzene rings is 3. The maximum Gasteiger partial charge on any atom is 0.327 e. The van der Waals surface area contributed by atoms with E-state index in [0.29, 0.717) is 47.0 Å². The van der Waals surface area contributed by atoms with Crippen LogP contribution in [0.15, 0.2) is 96.1 Å². The SMILES string of the molecule is CC[C@H](C)[C@H](NC(=O)[C@H](Cc1c[nH]c2ccccc12)NC(=O)[C@H](CO)NC(=O)[C@H](Cc1ccccc1)NC(=O)[C@H](CCCCN)NC(=O)[C@@H](N)CS)C(=O)N[C@@H](CCCN=C(N)N)C(=O)N[C@@H](CO)C(=O)N1CCC[C@H]1C(=O)N[C@@H](C)C(=O)N[C@@H](Cc1ccccc1)C(=O)N[C@@H](CS)C(=O)O. The van der Waals surface area contributed by atoms with E-state index < -0.39 is 163 Å². The lowest BCUT2D eigenvalue weighted by Crippen LogP contribution is -2.62. The maximum atomic E-state index is 14.9. The van der Waals surface area contributed by atoms with Crippen molar-refractivity contribution in [1.82, 2.24) is 63.1 Å². The Morgan fingerprint density at radius 2 is 1.06 bits per heavy atom. The predicted molar refractivity (Wildman–Crippen MR) is 382 cm³/mol. The number of likely N-dealkylation sites (tertiary alicyclic amines) is 1. The number of aliphatic hydroxyl groups is 2. The average Bonchev–Trinajstić information content (AvgIpc) is 1.75. The smallest absolute Gasteiger partial charge is 0.327 e. The molecule has 11 amide bonds. The molecule has 101 heavy (non-hydrogen) atoms. The van der Waals surface area contributed by atoms with Gasteiger partial charge >= 0.3 is 5.97 Å². The molecule has 552 valence electrons. The number of thiol groups is 2. The molecule has 34 heteroatoms. The number of para-hydroxylation sites is 1. The zero-order valence-corrected chi connectivity index (χ0v) is 58.5. The van der Waals surface area contributed by atoms with Crippen LogP contribution in [0.4, 0.5) is 0 Å². The van der Waals surface area contributed by atoms with Crippen molar-refractivity contribution < 1.29 is 72.9 Å². The Morgan fingerprint density at radius 3 is 1.60 bits per heavy atom. The Balaban J connectivity index is 1.36. The van der Waals surface area contributed by atoms with Crippen molar-refractivity contribution in [3.63, 3.8) is 0 Å². The largest absolute Gasteiger partial charge is 0.480 e. The zero-order chi connectivity index (χ0) is 74.3. The number of H-pyrrole nitrogens is 1. The van der Waals surface area contributed by atoms with Gasteiger partial charge in [-0.3, -0.25) is 57.7 Å². The third kappa shape index (κ3) is 25.7. The van der Waals surface area contributed by atoms with Gasteiger partial charge in [0.1, 0.15) is 66.5 Å². The summed E-state index contributed by atoms with van der Waals surface area (Å²) < 4.78 is 0. The number of carbonyl (C=O) groups is 12. The Hall–Kier alpha value is -9.35. The number of aliphatic hydroxyl groups excluding tert-OH is 2. The number of carbonyl (C=O) groups excluding carboxylic acids is 11. The summed E-state index contributed by atoms with van der Waals surface area (Å²) in [4.78, 5) is 175. The van der Waals surface area contributed by atoms with E-state index in [9.17, 15) is 72.9 Å². The zero-order valence-electron chi connectivity index (χ0n) is 56.7. The first-order chi connectivity index (χ1) is 48.3. The number of aliphatic imine (C=N–C) groups is 1. The molecule has 3 aromatic carbocycles. The van der Waals surface area contributed by atoms with Crippen LogP contribution in [0.25, 0.3) is 10.9 Å². The van der Waals surface area contributed by atoms with Crippen LogP contribution in [0.5, 0.6) is 0 Å². The van der Waals surface area contributed by atoms with Crippen LogP contribution >= 0.6 is 25.3 Å². The van der Waals surface area contributed by atoms with Crippen molar-refractivity contribution in [2.45, 2.75) is 164 Å². The topological polar surface area (TPSA) is 521 Å². The summed E-state index contributed by atoms with van der Waals surface area (Å²) in [5.41, 5.74) is 25.2. The monoisotopic (exact) mass is 1440 g/mol. The molecule has 22 N–H and O–H groups in total. The number of carboxylic acid groups (broad SMARTS) is 1. The highest BCUT2D eigenvalue weighted by Crippen LogP contribution is 2.22. The van der Waals surface area contributed by atoms with Crippen molar-refractivity contribution in [2.75, 3.05) is 44.4 Å². The summed E-state index contributed by atoms with van der Waals surface area (Å²) in [6.45, 7) is 2.96. The summed E-state index contributed by atoms with van der Waals surface area (Å²) in [5.74, 6) is -12.1. The second-order valence-electron chi connectivity index (χ2n) is 24.6. The number of fused-ring (bicyclic) bond motifs is 1. The van der Waals surface area contributed by atoms with E-state index in [0.717, 1.165) is 4.90 Å². The Morgan fingerprint density at radius 1 is 0.574 bits per heavy atom. The second kappa shape index (κ2) is 42.0. The predicted octanol–water partition coefficient (Wildman–Crippen LogP) is -3.46. The standard InChI is InChI=1S/C67H97N17O15S2/c1-4-37(2)54(83-61(93)49(31-41-32-73-44-22-12-11-21-42(41)44)79-62(94)50(33-85)80-59(91)48(30-40-19-9-6-10-20-40)78-57(89)45(23-13-14-26-68)75-56(88)43(69)35-100)64(96)76-46(24-15-27-72-67(70)71)58(90)81-51(34-86)65(97)84-28-16-25-53(84)63(95)74-38(3)55(87)77-47(29-39-17-7-5-8-18-39)60(92)82-52(36-101)66(98)99/h5-12,17-22,32,37-38,43,45-54,73,85-86,100-101H,4,13-16,23-31,33-36,68-69H2,1-3H3,(H,74,95)(H,75,88)(H,76,96)(H,77,87)(H,78,89)(H,79,94)(H,80,91)(H,81,90)(H,82,92)(H,83,93)(H,98,99)(H4,70,71,72)/t37-,38-,43-,45-,46-,47-,48-,49-,50-,51-,52-,53-,54-/m0/s1. The fourth-order valence-electron chi connectivity index (χ4n) is 11.1. The van der Waals surface area contributed by atoms with Crippen molar-refractivity contribution in [3.05, 3.63) is 108 Å². The number of amides is 11. The number of nitrogens with zero attached hydrogens (tertiary/aromatic N) is 2. The van der Waals surface area contributed by atoms with E-state index in [1.165, 1.54) is 6.92 Å². The van der Waals surface area contributed by atoms with Crippen LogP contribution in [-0.4, -0.2) is 219 Å². The molecule has 0 spiro atoms. The number of carboxylic acids is 1. The molecule has 0 unspecified atom stereocenters. The lowest BCUT2D eigenvalue weighted by atomic mass is 9.96. The first kappa shape index (κ1) is 82.3. The first-order valence-electron chi connectivity index (χ1n) is 33.4. The van der Waals surface area contributed by atoms with Gasteiger partial charge in [0.15, 0.2) is 5.96 Å². The minimum absolute atomic E-state index is 0.0199. The molecular formula is C67H97N17O15S2. The third-order valence-electron chi connectivity index (χ3n) is 17.0. The van der Waals surface area contributed by atoms with Crippen molar-refractivity contribution >= 4 is 113 Å². The normalized spacial score (nSPS) is 16.2. The quantitative estimate of drug-likeness (QED) is 0.00887. The lowest BCUT2D eigenvalue weighted by molar-refractivity contribution is -0.143. The van der Waals surface area contributed by atoms with Crippen LogP contribution in [0.2, 0.25) is 0 Å². The number of rotatable bonds is 42. The molecule has 0 saturated carbocycles. The van der Waals surface area contributed by atoms with Crippen LogP contribution in [-0.2, 0) is 76.8 Å². The van der Waals surface area contributed by atoms with Crippen LogP contribution in [0, 0.1) is 5.92 Å². The van der Waals surface area contributed by atoms with Crippen LogP contribution < -0.4 is 76.1 Å². The fourth-order valence-corrected chi connectivity index (χ4v) is 11.5. The van der Waals surface area contributed by atoms with Gasteiger partial charge in [0.2, 0.25) is 65.0 Å². The van der Waals surface area contributed by atoms with Crippen molar-refractivity contribution in [3.8, 4) is 0 Å². The molecule has 0 bridgehead atoms. The van der Waals surface area contributed by atoms with Crippen LogP contribution in [0.1, 0.15) is 88.8 Å². The summed E-state index contributed by atoms with van der Waals surface area (Å²) >= 11 is 8.10. The van der Waals surface area contributed by atoms with E-state index in [1.807, 2.05) is 0 Å². The highest BCUT2D eigenvalue weighted by Gasteiger charge is 2.41. The molecule has 1 fully saturated rings. The highest BCUT2D eigenvalue weighted by atomic mass is 32.1. The molecule has 2 heterocycles. The Labute approximate surface area is 596 Å². The molecule has 1 saturated heterocycles. The molecule has 13 atom stereocenters. The summed E-state index contributed by atoms with van der Waals surface area (Å²) in [7, 11) is 0. The van der Waals surface area contributed by atoms with Gasteiger partial charge in [0, 0.05) is 61.0 Å². The van der Waals surface area contributed by atoms with Crippen molar-refractivity contribution in [2.24, 2.45) is 33.8 Å². The van der Waals surface area contributed by atoms with Gasteiger partial charge < -0.3 is 101 Å². The number of hydrogen-bond acceptors (Lipinski definition) is 19. The number of nitrogens with one attached hydrogen (secondary N) is 11. The molecule has 32 nitrogen and oxygen atoms in total. The van der Waals surface area contributed by atoms with Gasteiger partial charge in [0.05, 0.1) is 19.3 Å². The molecule has 4 aromatic rings. The molecular weight excluding hydrogens is 1350 g/mol. The number of aromatic nitrogens is 1. The number of hydrogen-bond donors (Lipinski definition) is 20. The van der Waals surface area contributed by atoms with E-state index in [4.69, 9.17) is 22.9 Å². The second-order valence-corrected chi connectivity index (χ2v) is 25.4. The molecule has 5 rings (SSSR count). The van der Waals surface area contributed by atoms with Gasteiger partial charge in [-0.25, -0.2) is 4.79 Å². The lowest BCUT2D eigenvalue weighted by Gasteiger charge is -2.31. The number of nitrogens with two attached hydrogens (primary N) is 4. The van der Waals surface area contributed by atoms with E-state index in [-0.39, 0.29) is 88.3 Å². The van der Waals surface area contributed by atoms with E-state index in [2.05, 4.69) is 88.4 Å². The average molecular weight is 1440 g/mol. The molecule has 0 aliphatic carbocycles. The Kier molecular flexibility index (Phi) is 34.3. The summed E-state index contributed by atoms with van der Waals surface area (Å²) in [6, 6.07) is 7.42. The van der Waals surface area contributed by atoms with Gasteiger partial charge in [-0.1, -0.05) is 99.1 Å². The number of aromatic amines is 1. The van der Waals surface area contributed by atoms with E-state index in [1.54, 1.807) is 105 Å². The number of guanidine groups is 1. The molecule has 0 radical (unpaired) electrons. The minimum atomic E-state index is -1.75. The first-order valence-corrected chi connectivity index (χ1v) is 34.7. The molecule has 1 aliphatic heterocycles. The Bertz CT molecular complexity index is 3480. The van der Waals surface area contributed by atoms with Gasteiger partial charge in [0.25, 0.3) is 0 Å². The molecule has 1 aromatic heterocycles. The summed E-state index contributed by atoms with van der Waals surface area (Å²) in [6.07, 6.45) is 2.80.